The van der Waals surface area contributed by atoms with E-state index < -0.39 is 0 Å². The van der Waals surface area contributed by atoms with E-state index in [1.54, 1.807) is 0 Å². The minimum atomic E-state index is 0. The maximum absolute atomic E-state index is 3.68. The highest BCUT2D eigenvalue weighted by Gasteiger charge is 2.55. The van der Waals surface area contributed by atoms with Gasteiger partial charge < -0.3 is 5.32 Å². The molecule has 1 N–H and O–H groups in total. The van der Waals surface area contributed by atoms with Crippen molar-refractivity contribution in [1.82, 2.24) is 5.32 Å². The van der Waals surface area contributed by atoms with Gasteiger partial charge in [0.15, 0.2) is 0 Å². The van der Waals surface area contributed by atoms with Crippen LogP contribution in [-0.4, -0.2) is 5.54 Å². The van der Waals surface area contributed by atoms with E-state index in [9.17, 15) is 0 Å². The largest absolute Gasteiger partial charge is 0.307 e. The molecular weight excluding hydrogens is 194 g/mol. The smallest absolute Gasteiger partial charge is 0.0210 e. The van der Waals surface area contributed by atoms with E-state index >= 15 is 0 Å². The molecule has 0 amide bonds. The highest BCUT2D eigenvalue weighted by molar-refractivity contribution is 5.85. The number of rotatable bonds is 3. The van der Waals surface area contributed by atoms with Gasteiger partial charge in [0.05, 0.1) is 0 Å². The molecule has 0 saturated heterocycles. The number of hydrogen-bond donors (Lipinski definition) is 1. The van der Waals surface area contributed by atoms with Crippen LogP contribution in [0.2, 0.25) is 0 Å². The van der Waals surface area contributed by atoms with Gasteiger partial charge in [0.2, 0.25) is 0 Å². The molecule has 3 aliphatic rings. The molecule has 0 unspecified atom stereocenters. The lowest BCUT2D eigenvalue weighted by Crippen LogP contribution is -2.66. The average Bonchev–Trinajstić information content (AvgIpc) is 2.01. The third-order valence-electron chi connectivity index (χ3n) is 3.55. The van der Waals surface area contributed by atoms with Gasteiger partial charge in [0.1, 0.15) is 0 Å². The van der Waals surface area contributed by atoms with E-state index in [2.05, 4.69) is 35.6 Å². The average molecular weight is 210 g/mol. The van der Waals surface area contributed by atoms with Crippen molar-refractivity contribution in [3.05, 3.63) is 35.9 Å². The molecule has 0 radical (unpaired) electrons. The van der Waals surface area contributed by atoms with E-state index in [-0.39, 0.29) is 12.4 Å². The predicted octanol–water partition coefficient (Wildman–Crippen LogP) is 2.75. The van der Waals surface area contributed by atoms with Gasteiger partial charge in [0.25, 0.3) is 0 Å². The standard InChI is InChI=1S/C12H15N.ClH/c1-2-4-10(5-3-1)9-13-12-6-11(7-12)8-12;/h1-5,11,13H,6-9H2;1H. The van der Waals surface area contributed by atoms with Crippen LogP contribution in [0.1, 0.15) is 24.8 Å². The molecule has 0 atom stereocenters. The SMILES string of the molecule is Cl.c1ccc(CNC23CC(C2)C3)cc1. The Morgan fingerprint density at radius 1 is 1.14 bits per heavy atom. The van der Waals surface area contributed by atoms with Crippen LogP contribution in [0.3, 0.4) is 0 Å². The van der Waals surface area contributed by atoms with Crippen LogP contribution in [0.25, 0.3) is 0 Å². The van der Waals surface area contributed by atoms with Gasteiger partial charge in [-0.25, -0.2) is 0 Å². The summed E-state index contributed by atoms with van der Waals surface area (Å²) in [6, 6.07) is 10.7. The van der Waals surface area contributed by atoms with Crippen molar-refractivity contribution >= 4 is 12.4 Å². The van der Waals surface area contributed by atoms with Crippen molar-refractivity contribution in [2.75, 3.05) is 0 Å². The van der Waals surface area contributed by atoms with Crippen molar-refractivity contribution < 1.29 is 0 Å². The summed E-state index contributed by atoms with van der Waals surface area (Å²) in [6.07, 6.45) is 4.29. The van der Waals surface area contributed by atoms with E-state index in [1.807, 2.05) is 0 Å². The van der Waals surface area contributed by atoms with Crippen LogP contribution in [-0.2, 0) is 6.54 Å². The monoisotopic (exact) mass is 209 g/mol. The number of hydrogen-bond acceptors (Lipinski definition) is 1. The molecule has 4 rings (SSSR count). The summed E-state index contributed by atoms with van der Waals surface area (Å²) in [6.45, 7) is 1.05. The summed E-state index contributed by atoms with van der Waals surface area (Å²) in [5.74, 6) is 1.07. The molecule has 3 aliphatic carbocycles. The minimum Gasteiger partial charge on any atom is -0.307 e. The molecule has 0 heterocycles. The molecule has 0 aromatic heterocycles. The normalized spacial score (nSPS) is 32.4. The Morgan fingerprint density at radius 3 is 2.29 bits per heavy atom. The first kappa shape index (κ1) is 10.0. The van der Waals surface area contributed by atoms with E-state index in [4.69, 9.17) is 0 Å². The van der Waals surface area contributed by atoms with Gasteiger partial charge in [-0.3, -0.25) is 0 Å². The zero-order valence-corrected chi connectivity index (χ0v) is 9.02. The fourth-order valence-electron chi connectivity index (χ4n) is 2.58. The molecule has 2 bridgehead atoms. The fourth-order valence-corrected chi connectivity index (χ4v) is 2.58. The third kappa shape index (κ3) is 1.55. The highest BCUT2D eigenvalue weighted by Crippen LogP contribution is 2.56. The second-order valence-electron chi connectivity index (χ2n) is 4.60. The fraction of sp³-hybridized carbons (Fsp3) is 0.500. The Bertz CT molecular complexity index is 292. The lowest BCUT2D eigenvalue weighted by molar-refractivity contribution is -0.0520. The summed E-state index contributed by atoms with van der Waals surface area (Å²) < 4.78 is 0. The van der Waals surface area contributed by atoms with Crippen molar-refractivity contribution in [3.8, 4) is 0 Å². The minimum absolute atomic E-state index is 0. The molecule has 2 heteroatoms. The number of benzene rings is 1. The summed E-state index contributed by atoms with van der Waals surface area (Å²) in [7, 11) is 0. The summed E-state index contributed by atoms with van der Waals surface area (Å²) in [4.78, 5) is 0. The molecule has 1 aromatic carbocycles. The molecular formula is C12H16ClN. The first-order chi connectivity index (χ1) is 6.36. The Morgan fingerprint density at radius 2 is 1.79 bits per heavy atom. The van der Waals surface area contributed by atoms with Crippen LogP contribution in [0.15, 0.2) is 30.3 Å². The predicted molar refractivity (Wildman–Crippen MR) is 60.6 cm³/mol. The van der Waals surface area contributed by atoms with E-state index in [0.29, 0.717) is 5.54 Å². The number of nitrogens with one attached hydrogen (secondary N) is 1. The van der Waals surface area contributed by atoms with Gasteiger partial charge in [0, 0.05) is 12.1 Å². The second kappa shape index (κ2) is 3.56. The van der Waals surface area contributed by atoms with Crippen LogP contribution in [0, 0.1) is 5.92 Å². The molecule has 76 valence electrons. The summed E-state index contributed by atoms with van der Waals surface area (Å²) in [5.41, 5.74) is 1.98. The van der Waals surface area contributed by atoms with Gasteiger partial charge in [-0.2, -0.15) is 0 Å². The molecule has 0 spiro atoms. The summed E-state index contributed by atoms with van der Waals surface area (Å²) in [5, 5.41) is 3.68. The van der Waals surface area contributed by atoms with Crippen molar-refractivity contribution in [2.24, 2.45) is 5.92 Å². The van der Waals surface area contributed by atoms with Gasteiger partial charge in [-0.1, -0.05) is 30.3 Å². The van der Waals surface area contributed by atoms with Gasteiger partial charge >= 0.3 is 0 Å². The molecule has 14 heavy (non-hydrogen) atoms. The van der Waals surface area contributed by atoms with Crippen LogP contribution in [0.5, 0.6) is 0 Å². The highest BCUT2D eigenvalue weighted by atomic mass is 35.5. The van der Waals surface area contributed by atoms with Crippen molar-refractivity contribution in [2.45, 2.75) is 31.3 Å². The first-order valence-corrected chi connectivity index (χ1v) is 5.15. The van der Waals surface area contributed by atoms with Gasteiger partial charge in [-0.15, -0.1) is 12.4 Å². The maximum atomic E-state index is 3.68. The molecule has 3 fully saturated rings. The summed E-state index contributed by atoms with van der Waals surface area (Å²) >= 11 is 0. The van der Waals surface area contributed by atoms with Crippen LogP contribution >= 0.6 is 12.4 Å². The second-order valence-corrected chi connectivity index (χ2v) is 4.60. The Hall–Kier alpha value is -0.530. The maximum Gasteiger partial charge on any atom is 0.0210 e. The molecule has 1 aromatic rings. The van der Waals surface area contributed by atoms with Crippen molar-refractivity contribution in [3.63, 3.8) is 0 Å². The molecule has 3 saturated carbocycles. The van der Waals surface area contributed by atoms with Crippen molar-refractivity contribution in [1.29, 1.82) is 0 Å². The third-order valence-corrected chi connectivity index (χ3v) is 3.55. The zero-order valence-electron chi connectivity index (χ0n) is 8.20. The van der Waals surface area contributed by atoms with E-state index in [1.165, 1.54) is 24.8 Å². The topological polar surface area (TPSA) is 12.0 Å². The van der Waals surface area contributed by atoms with E-state index in [0.717, 1.165) is 12.5 Å². The zero-order chi connectivity index (χ0) is 8.73. The first-order valence-electron chi connectivity index (χ1n) is 5.15. The molecule has 1 nitrogen and oxygen atoms in total. The quantitative estimate of drug-likeness (QED) is 0.808. The Kier molecular flexibility index (Phi) is 2.54. The van der Waals surface area contributed by atoms with Crippen LogP contribution in [0.4, 0.5) is 0 Å². The lowest BCUT2D eigenvalue weighted by atomic mass is 9.50. The Labute approximate surface area is 91.3 Å². The Balaban J connectivity index is 0.000000750. The lowest BCUT2D eigenvalue weighted by Gasteiger charge is -2.62. The number of halogens is 1. The molecule has 0 aliphatic heterocycles. The van der Waals surface area contributed by atoms with Crippen LogP contribution < -0.4 is 5.32 Å². The van der Waals surface area contributed by atoms with Gasteiger partial charge in [-0.05, 0) is 30.7 Å².